The summed E-state index contributed by atoms with van der Waals surface area (Å²) >= 11 is 0. The smallest absolute Gasteiger partial charge is 0.217 e. The molecule has 110 valence electrons. The van der Waals surface area contributed by atoms with Gasteiger partial charge in [0.25, 0.3) is 0 Å². The maximum atomic E-state index is 11.2. The molecule has 3 N–H and O–H groups in total. The van der Waals surface area contributed by atoms with E-state index in [-0.39, 0.29) is 11.9 Å². The van der Waals surface area contributed by atoms with Crippen LogP contribution in [0.3, 0.4) is 0 Å². The molecule has 0 radical (unpaired) electrons. The van der Waals surface area contributed by atoms with Crippen LogP contribution in [0.5, 0.6) is 0 Å². The second-order valence-electron chi connectivity index (χ2n) is 5.49. The average Bonchev–Trinajstić information content (AvgIpc) is 2.93. The minimum absolute atomic E-state index is 0.0282. The molecule has 1 saturated heterocycles. The number of hydrogen-bond acceptors (Lipinski definition) is 4. The lowest BCUT2D eigenvalue weighted by Crippen LogP contribution is -2.35. The third kappa shape index (κ3) is 2.69. The van der Waals surface area contributed by atoms with Crippen molar-refractivity contribution in [3.63, 3.8) is 0 Å². The number of nitrogens with zero attached hydrogens (tertiary/aromatic N) is 2. The largest absolute Gasteiger partial charge is 0.369 e. The molecule has 1 unspecified atom stereocenters. The highest BCUT2D eigenvalue weighted by molar-refractivity contribution is 5.93. The molecule has 2 aromatic rings. The van der Waals surface area contributed by atoms with Crippen molar-refractivity contribution in [2.45, 2.75) is 25.9 Å². The van der Waals surface area contributed by atoms with Crippen molar-refractivity contribution < 1.29 is 4.79 Å². The first kappa shape index (κ1) is 13.8. The van der Waals surface area contributed by atoms with Gasteiger partial charge in [0.05, 0.1) is 11.2 Å². The van der Waals surface area contributed by atoms with Crippen LogP contribution in [0.1, 0.15) is 18.9 Å². The maximum Gasteiger partial charge on any atom is 0.217 e. The molecule has 1 aliphatic rings. The number of fused-ring (bicyclic) bond motifs is 1. The fourth-order valence-electron chi connectivity index (χ4n) is 3.06. The van der Waals surface area contributed by atoms with Gasteiger partial charge in [-0.05, 0) is 12.5 Å². The number of nitrogens with two attached hydrogens (primary N) is 1. The van der Waals surface area contributed by atoms with Gasteiger partial charge in [0.1, 0.15) is 0 Å². The van der Waals surface area contributed by atoms with E-state index in [9.17, 15) is 4.79 Å². The molecule has 1 atom stereocenters. The molecular weight excluding hydrogens is 264 g/mol. The molecule has 21 heavy (non-hydrogen) atoms. The van der Waals surface area contributed by atoms with Crippen LogP contribution in [0.2, 0.25) is 0 Å². The van der Waals surface area contributed by atoms with Crippen LogP contribution in [0.4, 0.5) is 5.69 Å². The van der Waals surface area contributed by atoms with Crippen LogP contribution in [0, 0.1) is 0 Å². The van der Waals surface area contributed by atoms with Crippen molar-refractivity contribution in [1.82, 2.24) is 10.3 Å². The second kappa shape index (κ2) is 5.69. The number of carbonyl (C=O) groups is 1. The van der Waals surface area contributed by atoms with Gasteiger partial charge in [0.2, 0.25) is 5.91 Å². The number of aromatic nitrogens is 1. The summed E-state index contributed by atoms with van der Waals surface area (Å²) < 4.78 is 0. The summed E-state index contributed by atoms with van der Waals surface area (Å²) in [5, 5.41) is 4.13. The second-order valence-corrected chi connectivity index (χ2v) is 5.49. The molecule has 3 rings (SSSR count). The van der Waals surface area contributed by atoms with Gasteiger partial charge in [-0.2, -0.15) is 0 Å². The standard InChI is InChI=1S/C16H20N4O/c1-11(21)19-13-6-7-20(10-13)16-12(8-17)9-18-15-5-3-2-4-14(15)16/h2-5,9,13H,6-8,10,17H2,1H3,(H,19,21). The van der Waals surface area contributed by atoms with Crippen LogP contribution in [-0.2, 0) is 11.3 Å². The van der Waals surface area contributed by atoms with Crippen molar-refractivity contribution in [3.8, 4) is 0 Å². The van der Waals surface area contributed by atoms with Gasteiger partial charge in [0, 0.05) is 49.7 Å². The zero-order valence-corrected chi connectivity index (χ0v) is 12.2. The van der Waals surface area contributed by atoms with Crippen molar-refractivity contribution in [3.05, 3.63) is 36.0 Å². The van der Waals surface area contributed by atoms with Crippen molar-refractivity contribution >= 4 is 22.5 Å². The normalized spacial score (nSPS) is 18.2. The SMILES string of the molecule is CC(=O)NC1CCN(c2c(CN)cnc3ccccc23)C1. The van der Waals surface area contributed by atoms with E-state index in [1.54, 1.807) is 6.92 Å². The first-order valence-electron chi connectivity index (χ1n) is 7.27. The van der Waals surface area contributed by atoms with Crippen LogP contribution < -0.4 is 16.0 Å². The van der Waals surface area contributed by atoms with E-state index < -0.39 is 0 Å². The monoisotopic (exact) mass is 284 g/mol. The summed E-state index contributed by atoms with van der Waals surface area (Å²) in [5.41, 5.74) is 9.08. The lowest BCUT2D eigenvalue weighted by atomic mass is 10.1. The van der Waals surface area contributed by atoms with E-state index in [4.69, 9.17) is 5.73 Å². The molecular formula is C16H20N4O. The molecule has 1 aromatic heterocycles. The van der Waals surface area contributed by atoms with Crippen molar-refractivity contribution in [1.29, 1.82) is 0 Å². The molecule has 5 nitrogen and oxygen atoms in total. The lowest BCUT2D eigenvalue weighted by Gasteiger charge is -2.23. The summed E-state index contributed by atoms with van der Waals surface area (Å²) in [7, 11) is 0. The molecule has 0 spiro atoms. The zero-order valence-electron chi connectivity index (χ0n) is 12.2. The quantitative estimate of drug-likeness (QED) is 0.894. The van der Waals surface area contributed by atoms with Gasteiger partial charge >= 0.3 is 0 Å². The summed E-state index contributed by atoms with van der Waals surface area (Å²) in [5.74, 6) is 0.0282. The molecule has 0 bridgehead atoms. The van der Waals surface area contributed by atoms with Gasteiger partial charge in [-0.15, -0.1) is 0 Å². The van der Waals surface area contributed by atoms with Crippen LogP contribution >= 0.6 is 0 Å². The number of anilines is 1. The van der Waals surface area contributed by atoms with E-state index in [1.807, 2.05) is 24.4 Å². The number of hydrogen-bond donors (Lipinski definition) is 2. The van der Waals surface area contributed by atoms with Gasteiger partial charge in [-0.25, -0.2) is 0 Å². The number of para-hydroxylation sites is 1. The molecule has 1 amide bonds. The maximum absolute atomic E-state index is 11.2. The predicted octanol–water partition coefficient (Wildman–Crippen LogP) is 1.41. The van der Waals surface area contributed by atoms with E-state index >= 15 is 0 Å². The number of rotatable bonds is 3. The number of nitrogens with one attached hydrogen (secondary N) is 1. The van der Waals surface area contributed by atoms with Gasteiger partial charge < -0.3 is 16.0 Å². The van der Waals surface area contributed by atoms with E-state index in [0.29, 0.717) is 6.54 Å². The Balaban J connectivity index is 1.98. The summed E-state index contributed by atoms with van der Waals surface area (Å²) in [4.78, 5) is 18.0. The topological polar surface area (TPSA) is 71.2 Å². The van der Waals surface area contributed by atoms with E-state index in [1.165, 1.54) is 0 Å². The van der Waals surface area contributed by atoms with Crippen LogP contribution in [-0.4, -0.2) is 30.0 Å². The van der Waals surface area contributed by atoms with E-state index in [2.05, 4.69) is 21.3 Å². The van der Waals surface area contributed by atoms with Crippen LogP contribution in [0.15, 0.2) is 30.5 Å². The number of amides is 1. The Morgan fingerprint density at radius 3 is 3.05 bits per heavy atom. The lowest BCUT2D eigenvalue weighted by molar-refractivity contribution is -0.119. The number of benzene rings is 1. The summed E-state index contributed by atoms with van der Waals surface area (Å²) in [6.07, 6.45) is 2.82. The zero-order chi connectivity index (χ0) is 14.8. The molecule has 1 aromatic carbocycles. The van der Waals surface area contributed by atoms with Gasteiger partial charge in [-0.1, -0.05) is 18.2 Å². The first-order valence-corrected chi connectivity index (χ1v) is 7.27. The molecule has 5 heteroatoms. The fraction of sp³-hybridized carbons (Fsp3) is 0.375. The number of pyridine rings is 1. The summed E-state index contributed by atoms with van der Waals surface area (Å²) in [6.45, 7) is 3.77. The molecule has 0 saturated carbocycles. The minimum atomic E-state index is 0.0282. The predicted molar refractivity (Wildman–Crippen MR) is 84.1 cm³/mol. The fourth-order valence-corrected chi connectivity index (χ4v) is 3.06. The van der Waals surface area contributed by atoms with Gasteiger partial charge in [0.15, 0.2) is 0 Å². The third-order valence-electron chi connectivity index (χ3n) is 3.95. The molecule has 0 aliphatic carbocycles. The molecule has 1 aliphatic heterocycles. The minimum Gasteiger partial charge on any atom is -0.369 e. The highest BCUT2D eigenvalue weighted by Gasteiger charge is 2.26. The Labute approximate surface area is 124 Å². The molecule has 1 fully saturated rings. The Morgan fingerprint density at radius 2 is 2.29 bits per heavy atom. The first-order chi connectivity index (χ1) is 10.2. The Kier molecular flexibility index (Phi) is 3.75. The highest BCUT2D eigenvalue weighted by atomic mass is 16.1. The van der Waals surface area contributed by atoms with Crippen LogP contribution in [0.25, 0.3) is 10.9 Å². The Bertz CT molecular complexity index is 670. The summed E-state index contributed by atoms with van der Waals surface area (Å²) in [6, 6.07) is 8.32. The third-order valence-corrected chi connectivity index (χ3v) is 3.95. The molecule has 2 heterocycles. The van der Waals surface area contributed by atoms with Gasteiger partial charge in [-0.3, -0.25) is 9.78 Å². The highest BCUT2D eigenvalue weighted by Crippen LogP contribution is 2.31. The average molecular weight is 284 g/mol. The van der Waals surface area contributed by atoms with Crippen molar-refractivity contribution in [2.24, 2.45) is 5.73 Å². The van der Waals surface area contributed by atoms with E-state index in [0.717, 1.165) is 41.7 Å². The van der Waals surface area contributed by atoms with Crippen molar-refractivity contribution in [2.75, 3.05) is 18.0 Å². The Morgan fingerprint density at radius 1 is 1.48 bits per heavy atom. The number of carbonyl (C=O) groups excluding carboxylic acids is 1. The Hall–Kier alpha value is -2.14.